The molecule has 21 nitrogen and oxygen atoms in total. The van der Waals surface area contributed by atoms with Crippen LogP contribution in [0.3, 0.4) is 0 Å². The molecule has 7 rings (SSSR count). The Balaban J connectivity index is 1.25. The summed E-state index contributed by atoms with van der Waals surface area (Å²) in [4.78, 5) is 46.6. The van der Waals surface area contributed by atoms with Gasteiger partial charge in [-0.2, -0.15) is 0 Å². The van der Waals surface area contributed by atoms with Crippen molar-refractivity contribution in [2.45, 2.75) is 88.1 Å². The molecule has 0 aromatic carbocycles. The molecule has 0 saturated carbocycles. The maximum Gasteiger partial charge on any atom is 0.472 e. The minimum absolute atomic E-state index is 0.0199. The molecule has 7 heterocycles. The van der Waals surface area contributed by atoms with E-state index in [1.807, 2.05) is 33.9 Å². The van der Waals surface area contributed by atoms with Gasteiger partial charge in [-0.1, -0.05) is 20.8 Å². The van der Waals surface area contributed by atoms with Crippen LogP contribution in [0.5, 0.6) is 0 Å². The predicted octanol–water partition coefficient (Wildman–Crippen LogP) is 2.37. The monoisotopic (exact) mass is 774 g/mol. The van der Waals surface area contributed by atoms with Crippen molar-refractivity contribution in [2.24, 2.45) is 0 Å². The quantitative estimate of drug-likeness (QED) is 0.171. The fraction of sp³-hybridized carbons (Fsp3) is 0.615. The van der Waals surface area contributed by atoms with Crippen molar-refractivity contribution in [3.05, 3.63) is 25.3 Å². The van der Waals surface area contributed by atoms with Gasteiger partial charge in [0.2, 0.25) is 0 Å². The summed E-state index contributed by atoms with van der Waals surface area (Å²) in [6.45, 7) is 8.28. The van der Waals surface area contributed by atoms with E-state index in [4.69, 9.17) is 43.5 Å². The molecule has 0 spiro atoms. The second kappa shape index (κ2) is 12.8. The third-order valence-electron chi connectivity index (χ3n) is 9.43. The maximum absolute atomic E-state index is 16.2. The Hall–Kier alpha value is -3.05. The predicted molar refractivity (Wildman–Crippen MR) is 176 cm³/mol. The highest BCUT2D eigenvalue weighted by Crippen LogP contribution is 2.55. The van der Waals surface area contributed by atoms with E-state index in [1.54, 1.807) is 0 Å². The highest BCUT2D eigenvalue weighted by molar-refractivity contribution is 7.47. The average molecular weight is 775 g/mol. The third-order valence-corrected chi connectivity index (χ3v) is 15.9. The minimum atomic E-state index is -5.12. The van der Waals surface area contributed by atoms with Crippen molar-refractivity contribution < 1.29 is 55.3 Å². The van der Waals surface area contributed by atoms with Gasteiger partial charge in [-0.25, -0.2) is 43.4 Å². The molecule has 10 atom stereocenters. The first-order chi connectivity index (χ1) is 23.9. The van der Waals surface area contributed by atoms with Gasteiger partial charge >= 0.3 is 15.6 Å². The lowest BCUT2D eigenvalue weighted by Crippen LogP contribution is -2.50. The molecule has 51 heavy (non-hydrogen) atoms. The van der Waals surface area contributed by atoms with Crippen molar-refractivity contribution in [3.8, 4) is 0 Å². The molecule has 0 amide bonds. The summed E-state index contributed by atoms with van der Waals surface area (Å²) in [7, 11) is -13.0. The Morgan fingerprint density at radius 2 is 1.31 bits per heavy atom. The van der Waals surface area contributed by atoms with E-state index in [-0.39, 0.29) is 39.0 Å². The first kappa shape index (κ1) is 36.3. The van der Waals surface area contributed by atoms with Gasteiger partial charge in [-0.3, -0.25) is 27.2 Å². The van der Waals surface area contributed by atoms with Crippen LogP contribution in [0.4, 0.5) is 16.0 Å². The van der Waals surface area contributed by atoms with Crippen LogP contribution in [0.2, 0.25) is 18.1 Å². The van der Waals surface area contributed by atoms with Gasteiger partial charge in [0.1, 0.15) is 54.2 Å². The zero-order chi connectivity index (χ0) is 36.7. The summed E-state index contributed by atoms with van der Waals surface area (Å²) < 4.78 is 86.9. The highest BCUT2D eigenvalue weighted by Gasteiger charge is 2.56. The molecule has 3 fully saturated rings. The van der Waals surface area contributed by atoms with Crippen molar-refractivity contribution in [2.75, 3.05) is 24.7 Å². The zero-order valence-electron chi connectivity index (χ0n) is 27.9. The number of rotatable bonds is 4. The molecular formula is C26H37FN10O11P2Si. The molecular weight excluding hydrogens is 737 g/mol. The van der Waals surface area contributed by atoms with Crippen LogP contribution in [0.1, 0.15) is 33.2 Å². The zero-order valence-corrected chi connectivity index (χ0v) is 30.7. The van der Waals surface area contributed by atoms with E-state index in [2.05, 4.69) is 29.9 Å². The van der Waals surface area contributed by atoms with Crippen molar-refractivity contribution in [1.29, 1.82) is 0 Å². The number of hydrogen-bond acceptors (Lipinski definition) is 17. The molecule has 3 aliphatic heterocycles. The first-order valence-corrected chi connectivity index (χ1v) is 21.6. The van der Waals surface area contributed by atoms with Crippen LogP contribution in [0.25, 0.3) is 22.3 Å². The normalized spacial score (nSPS) is 35.4. The van der Waals surface area contributed by atoms with Gasteiger partial charge < -0.3 is 35.2 Å². The third kappa shape index (κ3) is 6.70. The van der Waals surface area contributed by atoms with Gasteiger partial charge in [-0.05, 0) is 18.1 Å². The number of phosphoric ester groups is 2. The molecule has 4 aromatic heterocycles. The van der Waals surface area contributed by atoms with E-state index in [9.17, 15) is 18.9 Å². The van der Waals surface area contributed by atoms with Crippen molar-refractivity contribution in [3.63, 3.8) is 0 Å². The number of aromatic nitrogens is 8. The second-order valence-corrected chi connectivity index (χ2v) is 21.3. The van der Waals surface area contributed by atoms with Crippen molar-refractivity contribution in [1.82, 2.24) is 39.0 Å². The van der Waals surface area contributed by atoms with E-state index < -0.39 is 86.3 Å². The lowest BCUT2D eigenvalue weighted by atomic mass is 10.1. The van der Waals surface area contributed by atoms with Crippen molar-refractivity contribution >= 4 is 57.9 Å². The fourth-order valence-corrected chi connectivity index (χ4v) is 9.04. The molecule has 3 aliphatic rings. The maximum atomic E-state index is 16.2. The van der Waals surface area contributed by atoms with Gasteiger partial charge in [0, 0.05) is 0 Å². The summed E-state index contributed by atoms with van der Waals surface area (Å²) in [5, 5.41) is -0.373. The summed E-state index contributed by atoms with van der Waals surface area (Å²) >= 11 is 0. The molecule has 25 heteroatoms. The molecule has 2 unspecified atom stereocenters. The number of nitrogen functional groups attached to an aromatic ring is 2. The number of imidazole rings is 2. The SMILES string of the molecule is CC(C)(C)[Si](C)(C)O[C@H]1[C@H]2OP(=O)(O)OC[C@H]3O[C@@H](n4cnc5c(N)ncnc54)[C@H](F)[C@@H]3OP(=O)(O)OC[C@H]1O[C@H]2n1cnc2c(N)ncnc21. The number of nitrogens with two attached hydrogens (primary N) is 2. The number of fused-ring (bicyclic) bond motifs is 5. The standard InChI is InChI=1S/C26H37FN10O11P2Si/c1-26(2,3)51(4,5)48-18-13-7-43-49(38,39)46-17-12(44-24(14(17)27)36-10-34-15-20(28)30-8-32-22(15)36)6-42-50(40,41)47-19(18)25(45-13)37-11-35-16-21(29)31-9-33-23(16)37/h8-14,17-19,24-25H,6-7H2,1-5H3,(H,38,39)(H,40,41)(H2,28,30,32)(H2,29,31,33)/t12-,13-,14-,17-,18-,19-,24-,25-/m1/s1. The number of ether oxygens (including phenoxy) is 2. The summed E-state index contributed by atoms with van der Waals surface area (Å²) in [6.07, 6.45) is -7.37. The lowest BCUT2D eigenvalue weighted by molar-refractivity contribution is -0.0670. The number of anilines is 2. The van der Waals surface area contributed by atoms with Gasteiger partial charge in [0.25, 0.3) is 0 Å². The van der Waals surface area contributed by atoms with Gasteiger partial charge in [0.15, 0.2) is 49.9 Å². The molecule has 2 bridgehead atoms. The van der Waals surface area contributed by atoms with Gasteiger partial charge in [-0.15, -0.1) is 0 Å². The van der Waals surface area contributed by atoms with Crippen LogP contribution in [-0.2, 0) is 41.1 Å². The van der Waals surface area contributed by atoms with E-state index in [1.165, 1.54) is 28.1 Å². The molecule has 6 N–H and O–H groups in total. The number of nitrogens with zero attached hydrogens (tertiary/aromatic N) is 8. The number of phosphoric acid groups is 2. The van der Waals surface area contributed by atoms with Gasteiger partial charge in [0.05, 0.1) is 25.9 Å². The largest absolute Gasteiger partial charge is 0.472 e. The Kier molecular flexibility index (Phi) is 9.12. The lowest BCUT2D eigenvalue weighted by Gasteiger charge is -2.40. The Morgan fingerprint density at radius 3 is 1.86 bits per heavy atom. The van der Waals surface area contributed by atoms with Crippen LogP contribution >= 0.6 is 15.6 Å². The Morgan fingerprint density at radius 1 is 0.824 bits per heavy atom. The average Bonchev–Trinajstić information content (AvgIpc) is 3.80. The van der Waals surface area contributed by atoms with Crippen LogP contribution in [0, 0.1) is 0 Å². The van der Waals surface area contributed by atoms with Crippen LogP contribution < -0.4 is 11.5 Å². The summed E-state index contributed by atoms with van der Waals surface area (Å²) in [5.41, 5.74) is 12.5. The van der Waals surface area contributed by atoms with E-state index in [0.29, 0.717) is 0 Å². The molecule has 0 radical (unpaired) electrons. The molecule has 278 valence electrons. The Labute approximate surface area is 290 Å². The number of alkyl halides is 1. The summed E-state index contributed by atoms with van der Waals surface area (Å²) in [5.74, 6) is 0.0848. The van der Waals surface area contributed by atoms with E-state index >= 15 is 4.39 Å². The molecule has 3 saturated heterocycles. The molecule has 0 aliphatic carbocycles. The topological polar surface area (TPSA) is 278 Å². The smallest absolute Gasteiger partial charge is 0.408 e. The molecule has 4 aromatic rings. The fourth-order valence-electron chi connectivity index (χ4n) is 5.83. The Bertz CT molecular complexity index is 2050. The minimum Gasteiger partial charge on any atom is -0.408 e. The number of hydrogen-bond donors (Lipinski definition) is 4. The summed E-state index contributed by atoms with van der Waals surface area (Å²) in [6, 6.07) is 0. The first-order valence-electron chi connectivity index (χ1n) is 15.7. The highest BCUT2D eigenvalue weighted by atomic mass is 31.2. The van der Waals surface area contributed by atoms with Crippen LogP contribution in [0.15, 0.2) is 25.3 Å². The van der Waals surface area contributed by atoms with E-state index in [0.717, 1.165) is 6.33 Å². The van der Waals surface area contributed by atoms with Crippen LogP contribution in [-0.4, -0.2) is 107 Å². The second-order valence-electron chi connectivity index (χ2n) is 13.8. The number of halogens is 1.